The Morgan fingerprint density at radius 2 is 0.656 bits per heavy atom. The first-order valence-corrected chi connectivity index (χ1v) is 26.5. The van der Waals surface area contributed by atoms with Crippen LogP contribution in [0.4, 0.5) is 0 Å². The van der Waals surface area contributed by atoms with Gasteiger partial charge in [-0.3, -0.25) is 0 Å². The van der Waals surface area contributed by atoms with E-state index in [0.717, 1.165) is 19.8 Å². The molecule has 188 valence electrons. The molecule has 3 heterocycles. The summed E-state index contributed by atoms with van der Waals surface area (Å²) in [5.41, 5.74) is 0. The van der Waals surface area contributed by atoms with Gasteiger partial charge in [0.05, 0.1) is 38.8 Å². The minimum Gasteiger partial charge on any atom is -0.382 e. The Labute approximate surface area is 203 Å². The zero-order valence-electron chi connectivity index (χ0n) is 23.2. The van der Waals surface area contributed by atoms with Gasteiger partial charge in [0.2, 0.25) is 0 Å². The van der Waals surface area contributed by atoms with Gasteiger partial charge >= 0.3 is 0 Å². The molecule has 3 rings (SSSR count). The molecule has 0 saturated carbocycles. The van der Waals surface area contributed by atoms with Crippen LogP contribution < -0.4 is 0 Å². The minimum absolute atomic E-state index is 0.0213. The van der Waals surface area contributed by atoms with Crippen molar-refractivity contribution in [3.05, 3.63) is 0 Å². The highest BCUT2D eigenvalue weighted by molar-refractivity contribution is 7.15. The summed E-state index contributed by atoms with van der Waals surface area (Å²) in [7, 11) is -7.60. The topological polar surface area (TPSA) is 27.7 Å². The van der Waals surface area contributed by atoms with Crippen LogP contribution in [-0.2, 0) is 14.2 Å². The third-order valence-corrected chi connectivity index (χ3v) is 35.6. The molecule has 32 heavy (non-hydrogen) atoms. The van der Waals surface area contributed by atoms with Gasteiger partial charge in [0.15, 0.2) is 0 Å². The van der Waals surface area contributed by atoms with Gasteiger partial charge in [-0.05, 0) is 57.8 Å². The Bertz CT molecular complexity index is 553. The molecule has 0 aromatic rings. The third-order valence-electron chi connectivity index (χ3n) is 9.87. The smallest absolute Gasteiger partial charge is 0.148 e. The van der Waals surface area contributed by atoms with Gasteiger partial charge in [-0.2, -0.15) is 0 Å². The van der Waals surface area contributed by atoms with Crippen LogP contribution in [0.3, 0.4) is 0 Å². The summed E-state index contributed by atoms with van der Waals surface area (Å²) in [5, 5.41) is 0. The van der Waals surface area contributed by atoms with Gasteiger partial charge in [-0.25, -0.2) is 0 Å². The van der Waals surface area contributed by atoms with Crippen LogP contribution in [0.2, 0.25) is 65.5 Å². The first-order chi connectivity index (χ1) is 14.6. The molecule has 3 saturated heterocycles. The molecule has 3 fully saturated rings. The van der Waals surface area contributed by atoms with Crippen molar-refractivity contribution in [1.29, 1.82) is 0 Å². The van der Waals surface area contributed by atoms with Crippen molar-refractivity contribution in [1.82, 2.24) is 0 Å². The predicted octanol–water partition coefficient (Wildman–Crippen LogP) is 7.13. The Balaban J connectivity index is 2.45. The van der Waals surface area contributed by atoms with E-state index in [4.69, 9.17) is 14.2 Å². The first kappa shape index (κ1) is 27.3. The van der Waals surface area contributed by atoms with E-state index in [1.54, 1.807) is 0 Å². The molecular weight excluding hydrogens is 461 g/mol. The van der Waals surface area contributed by atoms with Crippen molar-refractivity contribution < 1.29 is 14.2 Å². The zero-order chi connectivity index (χ0) is 24.1. The Hall–Kier alpha value is 0.748. The van der Waals surface area contributed by atoms with Gasteiger partial charge in [0, 0.05) is 19.8 Å². The SMILES string of the molecule is C[Si](C)(C)C1([Si](C)(C2([Si](C)(C)C)CCCCO2)C2([Si](C)(C)C)CCCCO2)CCCCO1. The molecule has 0 aromatic carbocycles. The van der Waals surface area contributed by atoms with Crippen LogP contribution in [0.15, 0.2) is 0 Å². The van der Waals surface area contributed by atoms with Crippen LogP contribution >= 0.6 is 0 Å². The van der Waals surface area contributed by atoms with Gasteiger partial charge in [-0.1, -0.05) is 65.5 Å². The maximum Gasteiger partial charge on any atom is 0.148 e. The van der Waals surface area contributed by atoms with Gasteiger partial charge in [0.25, 0.3) is 0 Å². The van der Waals surface area contributed by atoms with Crippen LogP contribution in [0.5, 0.6) is 0 Å². The third kappa shape index (κ3) is 3.79. The van der Waals surface area contributed by atoms with Crippen molar-refractivity contribution in [3.8, 4) is 0 Å². The number of hydrogen-bond donors (Lipinski definition) is 0. The average Bonchev–Trinajstić information content (AvgIpc) is 2.72. The van der Waals surface area contributed by atoms with Crippen LogP contribution in [0.1, 0.15) is 57.8 Å². The maximum absolute atomic E-state index is 7.35. The summed E-state index contributed by atoms with van der Waals surface area (Å²) in [6.07, 6.45) is 11.3. The first-order valence-electron chi connectivity index (χ1n) is 13.5. The summed E-state index contributed by atoms with van der Waals surface area (Å²) in [6.45, 7) is 29.2. The fraction of sp³-hybridized carbons (Fsp3) is 1.00. The Morgan fingerprint density at radius 3 is 0.812 bits per heavy atom. The van der Waals surface area contributed by atoms with Gasteiger partial charge in [-0.15, -0.1) is 0 Å². The number of hydrogen-bond acceptors (Lipinski definition) is 3. The van der Waals surface area contributed by atoms with Crippen LogP contribution in [0, 0.1) is 0 Å². The maximum atomic E-state index is 7.35. The summed E-state index contributed by atoms with van der Waals surface area (Å²) < 4.78 is 22.0. The van der Waals surface area contributed by atoms with Crippen molar-refractivity contribution in [2.75, 3.05) is 19.8 Å². The molecule has 0 spiro atoms. The molecular formula is C25H54O3Si4. The summed E-state index contributed by atoms with van der Waals surface area (Å²) in [5.74, 6) is 0. The molecule has 3 aliphatic heterocycles. The lowest BCUT2D eigenvalue weighted by atomic mass is 10.2. The van der Waals surface area contributed by atoms with E-state index >= 15 is 0 Å². The van der Waals surface area contributed by atoms with E-state index in [1.807, 2.05) is 0 Å². The number of ether oxygens (including phenoxy) is 3. The summed E-state index contributed by atoms with van der Waals surface area (Å²) in [6, 6.07) is 0. The van der Waals surface area contributed by atoms with E-state index in [-0.39, 0.29) is 14.5 Å². The standard InChI is InChI=1S/C25H54O3Si4/c1-29(2,3)23(17-11-14-20-26-23)32(10,24(30(4,5)6)18-12-15-21-27-24)25(31(7,8)9)19-13-16-22-28-25/h11-22H2,1-10H3. The van der Waals surface area contributed by atoms with Crippen molar-refractivity contribution in [2.24, 2.45) is 0 Å². The van der Waals surface area contributed by atoms with E-state index in [1.165, 1.54) is 57.8 Å². The van der Waals surface area contributed by atoms with E-state index in [9.17, 15) is 0 Å². The van der Waals surface area contributed by atoms with Crippen molar-refractivity contribution in [2.45, 2.75) is 138 Å². The fourth-order valence-electron chi connectivity index (χ4n) is 8.57. The second-order valence-corrected chi connectivity index (χ2v) is 36.4. The lowest BCUT2D eigenvalue weighted by Crippen LogP contribution is -2.94. The molecule has 0 aromatic heterocycles. The van der Waals surface area contributed by atoms with E-state index in [0.29, 0.717) is 0 Å². The molecule has 0 amide bonds. The highest BCUT2D eigenvalue weighted by atomic mass is 28.4. The highest BCUT2D eigenvalue weighted by Gasteiger charge is 2.80. The lowest BCUT2D eigenvalue weighted by molar-refractivity contribution is -0.0468. The molecule has 0 bridgehead atoms. The quantitative estimate of drug-likeness (QED) is 0.353. The zero-order valence-corrected chi connectivity index (χ0v) is 27.2. The molecule has 3 aliphatic rings. The molecule has 0 aliphatic carbocycles. The second kappa shape index (κ2) is 9.00. The minimum atomic E-state index is -2.39. The average molecular weight is 515 g/mol. The highest BCUT2D eigenvalue weighted by Crippen LogP contribution is 2.60. The molecule has 0 radical (unpaired) electrons. The van der Waals surface area contributed by atoms with Gasteiger partial charge in [0.1, 0.15) is 8.07 Å². The van der Waals surface area contributed by atoms with Crippen molar-refractivity contribution in [3.63, 3.8) is 0 Å². The normalized spacial score (nSPS) is 37.7. The largest absolute Gasteiger partial charge is 0.382 e. The van der Waals surface area contributed by atoms with Crippen LogP contribution in [0.25, 0.3) is 0 Å². The van der Waals surface area contributed by atoms with Crippen LogP contribution in [-0.4, -0.2) is 66.7 Å². The summed E-state index contributed by atoms with van der Waals surface area (Å²) >= 11 is 0. The monoisotopic (exact) mass is 514 g/mol. The molecule has 7 heteroatoms. The molecule has 3 unspecified atom stereocenters. The Morgan fingerprint density at radius 1 is 0.406 bits per heavy atom. The summed E-state index contributed by atoms with van der Waals surface area (Å²) in [4.78, 5) is 0.0640. The second-order valence-electron chi connectivity index (χ2n) is 14.3. The predicted molar refractivity (Wildman–Crippen MR) is 149 cm³/mol. The Kier molecular flexibility index (Phi) is 7.69. The van der Waals surface area contributed by atoms with Gasteiger partial charge < -0.3 is 14.2 Å². The van der Waals surface area contributed by atoms with E-state index in [2.05, 4.69) is 65.5 Å². The lowest BCUT2D eigenvalue weighted by Gasteiger charge is -2.73. The number of rotatable bonds is 6. The molecule has 3 nitrogen and oxygen atoms in total. The molecule has 3 atom stereocenters. The fourth-order valence-corrected chi connectivity index (χ4v) is 40.9. The van der Waals surface area contributed by atoms with Crippen molar-refractivity contribution >= 4 is 32.3 Å². The van der Waals surface area contributed by atoms with E-state index < -0.39 is 32.3 Å². The molecule has 0 N–H and O–H groups in total.